The van der Waals surface area contributed by atoms with Crippen LogP contribution in [0.1, 0.15) is 27.8 Å². The summed E-state index contributed by atoms with van der Waals surface area (Å²) in [6, 6.07) is 86.5. The molecule has 0 saturated carbocycles. The molecule has 12 aromatic rings. The molecular formula is C62H42N2O. The molecule has 1 aliphatic rings. The molecule has 0 unspecified atom stereocenters. The Labute approximate surface area is 377 Å². The lowest BCUT2D eigenvalue weighted by Crippen LogP contribution is -2.28. The Balaban J connectivity index is 1.01. The maximum absolute atomic E-state index is 6.53. The van der Waals surface area contributed by atoms with Crippen LogP contribution in [0.5, 0.6) is 0 Å². The van der Waals surface area contributed by atoms with Gasteiger partial charge in [-0.2, -0.15) is 0 Å². The Hall–Kier alpha value is -8.40. The zero-order valence-corrected chi connectivity index (χ0v) is 35.8. The third-order valence-electron chi connectivity index (χ3n) is 13.7. The van der Waals surface area contributed by atoms with Crippen LogP contribution in [0.15, 0.2) is 241 Å². The Kier molecular flexibility index (Phi) is 8.34. The Morgan fingerprint density at radius 1 is 0.415 bits per heavy atom. The van der Waals surface area contributed by atoms with Gasteiger partial charge in [0, 0.05) is 33.2 Å². The number of aryl methyl sites for hydroxylation is 1. The minimum Gasteiger partial charge on any atom is -0.456 e. The van der Waals surface area contributed by atoms with Crippen molar-refractivity contribution in [2.75, 3.05) is 4.90 Å². The SMILES string of the molecule is Cc1ccc(-n2c3ccccc3c3cc(-c4ccc(N(c5ccc6c(c5)C(c5ccccc5)(c5ccccc5)c5ccccc5-6)c5cccc6oc7ccccc7c56)cc4)ccc32)cc1. The molecule has 0 radical (unpaired) electrons. The molecule has 10 aromatic carbocycles. The van der Waals surface area contributed by atoms with Gasteiger partial charge in [0.1, 0.15) is 11.2 Å². The van der Waals surface area contributed by atoms with Gasteiger partial charge in [0.15, 0.2) is 0 Å². The molecule has 2 heterocycles. The fraction of sp³-hybridized carbons (Fsp3) is 0.0323. The van der Waals surface area contributed by atoms with E-state index in [1.165, 1.54) is 72.0 Å². The number of nitrogens with zero attached hydrogens (tertiary/aromatic N) is 2. The van der Waals surface area contributed by atoms with Crippen LogP contribution in [0, 0.1) is 6.92 Å². The predicted molar refractivity (Wildman–Crippen MR) is 270 cm³/mol. The molecule has 0 N–H and O–H groups in total. The van der Waals surface area contributed by atoms with Crippen LogP contribution in [-0.2, 0) is 5.41 Å². The Morgan fingerprint density at radius 3 is 1.82 bits per heavy atom. The standard InChI is InChI=1S/C62H42N2O/c1-41-27-32-47(33-28-41)64-56-23-12-9-20-51(56)53-39-43(31-38-57(53)64)42-29-34-46(35-30-42)63(58-24-14-26-60-61(58)52-21-10-13-25-59(52)65-60)48-36-37-50-49-19-8-11-22-54(49)62(55(50)40-48,44-15-4-2-5-16-44)45-17-6-3-7-18-45/h2-40H,1H3. The van der Waals surface area contributed by atoms with Crippen molar-refractivity contribution in [1.82, 2.24) is 4.57 Å². The number of rotatable bonds is 7. The van der Waals surface area contributed by atoms with E-state index in [4.69, 9.17) is 4.42 Å². The van der Waals surface area contributed by atoms with Gasteiger partial charge in [-0.3, -0.25) is 0 Å². The first-order chi connectivity index (χ1) is 32.1. The molecule has 0 saturated heterocycles. The topological polar surface area (TPSA) is 21.3 Å². The van der Waals surface area contributed by atoms with Crippen molar-refractivity contribution in [3.05, 3.63) is 264 Å². The normalized spacial score (nSPS) is 12.8. The van der Waals surface area contributed by atoms with Crippen LogP contribution >= 0.6 is 0 Å². The van der Waals surface area contributed by atoms with Crippen LogP contribution in [-0.4, -0.2) is 4.57 Å². The third-order valence-corrected chi connectivity index (χ3v) is 13.7. The lowest BCUT2D eigenvalue weighted by atomic mass is 9.67. The van der Waals surface area contributed by atoms with Crippen LogP contribution < -0.4 is 4.90 Å². The summed E-state index contributed by atoms with van der Waals surface area (Å²) in [6.07, 6.45) is 0. The van der Waals surface area contributed by atoms with E-state index in [-0.39, 0.29) is 0 Å². The minimum atomic E-state index is -0.532. The van der Waals surface area contributed by atoms with E-state index < -0.39 is 5.41 Å². The molecule has 0 amide bonds. The Morgan fingerprint density at radius 2 is 1.03 bits per heavy atom. The zero-order chi connectivity index (χ0) is 43.1. The quantitative estimate of drug-likeness (QED) is 0.160. The van der Waals surface area contributed by atoms with Gasteiger partial charge in [0.05, 0.1) is 27.5 Å². The highest BCUT2D eigenvalue weighted by Gasteiger charge is 2.46. The van der Waals surface area contributed by atoms with Gasteiger partial charge in [0.2, 0.25) is 0 Å². The number of anilines is 3. The van der Waals surface area contributed by atoms with Crippen LogP contribution in [0.25, 0.3) is 71.7 Å². The molecular weight excluding hydrogens is 789 g/mol. The maximum atomic E-state index is 6.53. The highest BCUT2D eigenvalue weighted by molar-refractivity contribution is 6.14. The van der Waals surface area contributed by atoms with Crippen LogP contribution in [0.4, 0.5) is 17.1 Å². The van der Waals surface area contributed by atoms with E-state index in [2.05, 4.69) is 247 Å². The highest BCUT2D eigenvalue weighted by Crippen LogP contribution is 2.57. The smallest absolute Gasteiger partial charge is 0.137 e. The molecule has 0 aliphatic heterocycles. The van der Waals surface area contributed by atoms with Crippen molar-refractivity contribution in [2.24, 2.45) is 0 Å². The van der Waals surface area contributed by atoms with Crippen molar-refractivity contribution in [1.29, 1.82) is 0 Å². The molecule has 0 bridgehead atoms. The van der Waals surface area contributed by atoms with Crippen LogP contribution in [0.3, 0.4) is 0 Å². The van der Waals surface area contributed by atoms with Gasteiger partial charge in [0.25, 0.3) is 0 Å². The second-order valence-corrected chi connectivity index (χ2v) is 17.3. The summed E-state index contributed by atoms with van der Waals surface area (Å²) in [5.74, 6) is 0. The average Bonchev–Trinajstić information content (AvgIpc) is 4.02. The summed E-state index contributed by atoms with van der Waals surface area (Å²) in [7, 11) is 0. The second kappa shape index (κ2) is 14.6. The predicted octanol–water partition coefficient (Wildman–Crippen LogP) is 16.5. The third kappa shape index (κ3) is 5.62. The highest BCUT2D eigenvalue weighted by atomic mass is 16.3. The van der Waals surface area contributed by atoms with Gasteiger partial charge >= 0.3 is 0 Å². The molecule has 3 nitrogen and oxygen atoms in total. The van der Waals surface area contributed by atoms with E-state index >= 15 is 0 Å². The summed E-state index contributed by atoms with van der Waals surface area (Å²) < 4.78 is 8.91. The number of hydrogen-bond donors (Lipinski definition) is 0. The number of para-hydroxylation sites is 2. The first-order valence-corrected chi connectivity index (χ1v) is 22.4. The van der Waals surface area contributed by atoms with Gasteiger partial charge in [-0.1, -0.05) is 169 Å². The number of aromatic nitrogens is 1. The summed E-state index contributed by atoms with van der Waals surface area (Å²) in [4.78, 5) is 2.43. The van der Waals surface area contributed by atoms with Crippen LogP contribution in [0.2, 0.25) is 0 Å². The molecule has 3 heteroatoms. The minimum absolute atomic E-state index is 0.532. The number of hydrogen-bond acceptors (Lipinski definition) is 2. The average molecular weight is 831 g/mol. The Bertz CT molecular complexity index is 3730. The lowest BCUT2D eigenvalue weighted by Gasteiger charge is -2.35. The number of fused-ring (bicyclic) bond motifs is 9. The summed E-state index contributed by atoms with van der Waals surface area (Å²) in [5.41, 5.74) is 19.1. The molecule has 65 heavy (non-hydrogen) atoms. The summed E-state index contributed by atoms with van der Waals surface area (Å²) >= 11 is 0. The summed E-state index contributed by atoms with van der Waals surface area (Å²) in [6.45, 7) is 2.14. The molecule has 13 rings (SSSR count). The molecule has 1 aliphatic carbocycles. The van der Waals surface area contributed by atoms with E-state index in [0.717, 1.165) is 44.6 Å². The monoisotopic (exact) mass is 830 g/mol. The second-order valence-electron chi connectivity index (χ2n) is 17.3. The first-order valence-electron chi connectivity index (χ1n) is 22.4. The van der Waals surface area contributed by atoms with Crippen molar-refractivity contribution < 1.29 is 4.42 Å². The van der Waals surface area contributed by atoms with E-state index in [9.17, 15) is 0 Å². The summed E-state index contributed by atoms with van der Waals surface area (Å²) in [5, 5.41) is 4.66. The molecule has 0 fully saturated rings. The van der Waals surface area contributed by atoms with Crippen molar-refractivity contribution in [2.45, 2.75) is 12.3 Å². The molecule has 0 spiro atoms. The fourth-order valence-corrected chi connectivity index (χ4v) is 10.9. The van der Waals surface area contributed by atoms with E-state index in [1.807, 2.05) is 6.07 Å². The maximum Gasteiger partial charge on any atom is 0.137 e. The number of benzene rings is 10. The van der Waals surface area contributed by atoms with Gasteiger partial charge in [-0.05, 0) is 124 Å². The van der Waals surface area contributed by atoms with Crippen molar-refractivity contribution in [3.63, 3.8) is 0 Å². The van der Waals surface area contributed by atoms with Gasteiger partial charge in [-0.15, -0.1) is 0 Å². The van der Waals surface area contributed by atoms with E-state index in [0.29, 0.717) is 0 Å². The first kappa shape index (κ1) is 37.2. The number of furan rings is 1. The van der Waals surface area contributed by atoms with Gasteiger partial charge in [-0.25, -0.2) is 0 Å². The van der Waals surface area contributed by atoms with Crippen molar-refractivity contribution in [3.8, 4) is 27.9 Å². The molecule has 0 atom stereocenters. The largest absolute Gasteiger partial charge is 0.456 e. The lowest BCUT2D eigenvalue weighted by molar-refractivity contribution is 0.669. The fourth-order valence-electron chi connectivity index (χ4n) is 10.9. The van der Waals surface area contributed by atoms with E-state index in [1.54, 1.807) is 0 Å². The van der Waals surface area contributed by atoms with Gasteiger partial charge < -0.3 is 13.9 Å². The zero-order valence-electron chi connectivity index (χ0n) is 35.8. The van der Waals surface area contributed by atoms with Crippen molar-refractivity contribution >= 4 is 60.8 Å². The molecule has 306 valence electrons. The molecule has 2 aromatic heterocycles.